The molecule has 0 aliphatic heterocycles. The molecular formula is C22H28N2O5S. The molecule has 0 radical (unpaired) electrons. The summed E-state index contributed by atoms with van der Waals surface area (Å²) in [5, 5.41) is 0. The van der Waals surface area contributed by atoms with Crippen molar-refractivity contribution in [2.75, 3.05) is 39.3 Å². The molecule has 30 heavy (non-hydrogen) atoms. The lowest BCUT2D eigenvalue weighted by Gasteiger charge is -2.18. The fourth-order valence-electron chi connectivity index (χ4n) is 2.90. The minimum atomic E-state index is -3.50. The van der Waals surface area contributed by atoms with E-state index in [1.165, 1.54) is 22.4 Å². The van der Waals surface area contributed by atoms with E-state index < -0.39 is 10.0 Å². The summed E-state index contributed by atoms with van der Waals surface area (Å²) in [5.41, 5.74) is 1.38. The fourth-order valence-corrected chi connectivity index (χ4v) is 4.36. The number of hydrogen-bond acceptors (Lipinski definition) is 5. The third-order valence-corrected chi connectivity index (χ3v) is 6.79. The van der Waals surface area contributed by atoms with Gasteiger partial charge in [0.1, 0.15) is 0 Å². The number of rotatable bonds is 9. The maximum absolute atomic E-state index is 12.5. The second-order valence-electron chi connectivity index (χ2n) is 6.43. The number of hydrogen-bond donors (Lipinski definition) is 0. The second-order valence-corrected chi connectivity index (χ2v) is 8.37. The maximum Gasteiger partial charge on any atom is 0.250 e. The first kappa shape index (κ1) is 23.4. The highest BCUT2D eigenvalue weighted by Crippen LogP contribution is 2.31. The van der Waals surface area contributed by atoms with Crippen molar-refractivity contribution in [3.63, 3.8) is 0 Å². The maximum atomic E-state index is 12.5. The Balaban J connectivity index is 2.15. The topological polar surface area (TPSA) is 76.2 Å². The van der Waals surface area contributed by atoms with Crippen LogP contribution in [0.1, 0.15) is 19.4 Å². The van der Waals surface area contributed by atoms with Crippen molar-refractivity contribution in [3.8, 4) is 11.5 Å². The van der Waals surface area contributed by atoms with Crippen LogP contribution in [0.25, 0.3) is 6.08 Å². The third kappa shape index (κ3) is 5.20. The van der Waals surface area contributed by atoms with E-state index in [1.807, 2.05) is 0 Å². The van der Waals surface area contributed by atoms with Gasteiger partial charge in [0.15, 0.2) is 11.5 Å². The smallest absolute Gasteiger partial charge is 0.250 e. The lowest BCUT2D eigenvalue weighted by Crippen LogP contribution is -2.30. The molecule has 7 nitrogen and oxygen atoms in total. The number of nitrogens with zero attached hydrogens (tertiary/aromatic N) is 2. The molecule has 0 heterocycles. The predicted octanol–water partition coefficient (Wildman–Crippen LogP) is 3.41. The largest absolute Gasteiger partial charge is 0.493 e. The van der Waals surface area contributed by atoms with Gasteiger partial charge in [0.2, 0.25) is 10.0 Å². The van der Waals surface area contributed by atoms with Crippen LogP contribution in [0.2, 0.25) is 0 Å². The van der Waals surface area contributed by atoms with Crippen LogP contribution in [-0.2, 0) is 14.8 Å². The molecule has 2 rings (SSSR count). The minimum absolute atomic E-state index is 0.233. The summed E-state index contributed by atoms with van der Waals surface area (Å²) in [5.74, 6) is 0.878. The van der Waals surface area contributed by atoms with E-state index >= 15 is 0 Å². The highest BCUT2D eigenvalue weighted by molar-refractivity contribution is 7.89. The molecule has 0 fully saturated rings. The van der Waals surface area contributed by atoms with Gasteiger partial charge in [0.25, 0.3) is 5.91 Å². The molecule has 0 unspecified atom stereocenters. The van der Waals surface area contributed by atoms with Crippen molar-refractivity contribution in [2.24, 2.45) is 0 Å². The number of sulfonamides is 1. The number of anilines is 1. The molecule has 0 aliphatic rings. The van der Waals surface area contributed by atoms with Gasteiger partial charge in [-0.05, 0) is 35.9 Å². The number of carbonyl (C=O) groups is 1. The van der Waals surface area contributed by atoms with E-state index in [0.29, 0.717) is 30.3 Å². The van der Waals surface area contributed by atoms with Crippen LogP contribution in [0.3, 0.4) is 0 Å². The Kier molecular flexibility index (Phi) is 8.02. The normalized spacial score (nSPS) is 11.7. The van der Waals surface area contributed by atoms with Gasteiger partial charge in [0, 0.05) is 38.0 Å². The third-order valence-electron chi connectivity index (χ3n) is 4.73. The van der Waals surface area contributed by atoms with Crippen molar-refractivity contribution in [3.05, 3.63) is 54.1 Å². The molecule has 0 aromatic heterocycles. The van der Waals surface area contributed by atoms with Gasteiger partial charge < -0.3 is 14.4 Å². The van der Waals surface area contributed by atoms with Gasteiger partial charge in [-0.15, -0.1) is 0 Å². The van der Waals surface area contributed by atoms with Crippen LogP contribution in [-0.4, -0.2) is 53.0 Å². The van der Waals surface area contributed by atoms with Crippen LogP contribution in [0.4, 0.5) is 5.69 Å². The van der Waals surface area contributed by atoms with Crippen molar-refractivity contribution >= 4 is 27.7 Å². The lowest BCUT2D eigenvalue weighted by atomic mass is 10.2. The summed E-state index contributed by atoms with van der Waals surface area (Å²) < 4.78 is 37.0. The van der Waals surface area contributed by atoms with Crippen molar-refractivity contribution < 1.29 is 22.7 Å². The summed E-state index contributed by atoms with van der Waals surface area (Å²) in [6, 6.07) is 11.7. The molecule has 0 spiro atoms. The molecule has 8 heteroatoms. The Morgan fingerprint density at radius 2 is 1.57 bits per heavy atom. The van der Waals surface area contributed by atoms with Gasteiger partial charge in [0.05, 0.1) is 19.1 Å². The SMILES string of the molecule is CCN(CC)S(=O)(=O)c1ccc(/C=C/C(=O)N(C)c2ccc(OC)c(OC)c2)cc1. The van der Waals surface area contributed by atoms with Crippen LogP contribution in [0, 0.1) is 0 Å². The van der Waals surface area contributed by atoms with Crippen molar-refractivity contribution in [1.29, 1.82) is 0 Å². The first-order chi connectivity index (χ1) is 14.3. The highest BCUT2D eigenvalue weighted by atomic mass is 32.2. The van der Waals surface area contributed by atoms with E-state index in [-0.39, 0.29) is 10.8 Å². The number of amides is 1. The Morgan fingerprint density at radius 3 is 2.10 bits per heavy atom. The second kappa shape index (κ2) is 10.3. The zero-order chi connectivity index (χ0) is 22.3. The summed E-state index contributed by atoms with van der Waals surface area (Å²) in [7, 11) is 1.25. The number of methoxy groups -OCH3 is 2. The van der Waals surface area contributed by atoms with E-state index in [2.05, 4.69) is 0 Å². The average molecular weight is 433 g/mol. The zero-order valence-electron chi connectivity index (χ0n) is 18.0. The minimum Gasteiger partial charge on any atom is -0.493 e. The van der Waals surface area contributed by atoms with Crippen molar-refractivity contribution in [1.82, 2.24) is 4.31 Å². The lowest BCUT2D eigenvalue weighted by molar-refractivity contribution is -0.113. The summed E-state index contributed by atoms with van der Waals surface area (Å²) >= 11 is 0. The van der Waals surface area contributed by atoms with Crippen LogP contribution in [0.5, 0.6) is 11.5 Å². The number of ether oxygens (including phenoxy) is 2. The number of likely N-dealkylation sites (N-methyl/N-ethyl adjacent to an activating group) is 1. The summed E-state index contributed by atoms with van der Waals surface area (Å²) in [4.78, 5) is 14.2. The molecule has 0 saturated heterocycles. The van der Waals surface area contributed by atoms with Crippen molar-refractivity contribution in [2.45, 2.75) is 18.7 Å². The van der Waals surface area contributed by atoms with Crippen LogP contribution < -0.4 is 14.4 Å². The first-order valence-corrected chi connectivity index (χ1v) is 11.0. The quantitative estimate of drug-likeness (QED) is 0.568. The first-order valence-electron chi connectivity index (χ1n) is 9.56. The molecule has 2 aromatic carbocycles. The van der Waals surface area contributed by atoms with Gasteiger partial charge in [-0.2, -0.15) is 4.31 Å². The number of carbonyl (C=O) groups excluding carboxylic acids is 1. The summed E-state index contributed by atoms with van der Waals surface area (Å²) in [6.07, 6.45) is 3.08. The molecule has 162 valence electrons. The molecule has 0 atom stereocenters. The highest BCUT2D eigenvalue weighted by Gasteiger charge is 2.21. The molecular weight excluding hydrogens is 404 g/mol. The van der Waals surface area contributed by atoms with Gasteiger partial charge in [-0.1, -0.05) is 26.0 Å². The molecule has 0 bridgehead atoms. The molecule has 0 N–H and O–H groups in total. The monoisotopic (exact) mass is 432 g/mol. The zero-order valence-corrected chi connectivity index (χ0v) is 18.8. The van der Waals surface area contributed by atoms with Crippen LogP contribution >= 0.6 is 0 Å². The van der Waals surface area contributed by atoms with E-state index in [9.17, 15) is 13.2 Å². The van der Waals surface area contributed by atoms with Crippen LogP contribution in [0.15, 0.2) is 53.4 Å². The average Bonchev–Trinajstić information content (AvgIpc) is 2.77. The van der Waals surface area contributed by atoms with Gasteiger partial charge in [-0.25, -0.2) is 8.42 Å². The Bertz CT molecular complexity index is 997. The number of benzene rings is 2. The fraction of sp³-hybridized carbons (Fsp3) is 0.318. The molecule has 1 amide bonds. The standard InChI is InChI=1S/C22H28N2O5S/c1-6-24(7-2)30(26,27)19-12-8-17(9-13-19)10-15-22(25)23(3)18-11-14-20(28-4)21(16-18)29-5/h8-16H,6-7H2,1-5H3/b15-10+. The van der Waals surface area contributed by atoms with E-state index in [1.54, 1.807) is 76.5 Å². The Hall–Kier alpha value is -2.84. The Labute approximate surface area is 178 Å². The molecule has 2 aromatic rings. The molecule has 0 saturated carbocycles. The summed E-state index contributed by atoms with van der Waals surface area (Å²) in [6.45, 7) is 4.44. The van der Waals surface area contributed by atoms with Gasteiger partial charge in [-0.3, -0.25) is 4.79 Å². The van der Waals surface area contributed by atoms with E-state index in [0.717, 1.165) is 5.56 Å². The van der Waals surface area contributed by atoms with Gasteiger partial charge >= 0.3 is 0 Å². The Morgan fingerprint density at radius 1 is 0.967 bits per heavy atom. The predicted molar refractivity (Wildman–Crippen MR) is 119 cm³/mol. The van der Waals surface area contributed by atoms with E-state index in [4.69, 9.17) is 9.47 Å². The molecule has 0 aliphatic carbocycles.